The van der Waals surface area contributed by atoms with Crippen molar-refractivity contribution in [1.82, 2.24) is 20.2 Å². The van der Waals surface area contributed by atoms with Gasteiger partial charge in [-0.3, -0.25) is 0 Å². The number of hydrogen-bond donors (Lipinski definition) is 0. The fourth-order valence-corrected chi connectivity index (χ4v) is 1.54. The number of tetrazole rings is 1. The Hall–Kier alpha value is -0.940. The molecule has 0 amide bonds. The van der Waals surface area contributed by atoms with Gasteiger partial charge >= 0.3 is 0 Å². The van der Waals surface area contributed by atoms with Crippen LogP contribution in [0.3, 0.4) is 0 Å². The van der Waals surface area contributed by atoms with Gasteiger partial charge in [0.1, 0.15) is 0 Å². The Morgan fingerprint density at radius 2 is 2.14 bits per heavy atom. The van der Waals surface area contributed by atoms with Crippen LogP contribution in [0.25, 0.3) is 0 Å². The van der Waals surface area contributed by atoms with E-state index in [4.69, 9.17) is 11.6 Å². The molecule has 0 atom stereocenters. The quantitative estimate of drug-likeness (QED) is 0.842. The summed E-state index contributed by atoms with van der Waals surface area (Å²) < 4.78 is 2.22. The van der Waals surface area contributed by atoms with Crippen LogP contribution in [-0.2, 0) is 6.54 Å². The number of halogens is 2. The van der Waals surface area contributed by atoms with Gasteiger partial charge in [-0.05, 0) is 38.0 Å². The Balaban J connectivity index is 2.28. The maximum atomic E-state index is 6.00. The first-order valence-corrected chi connectivity index (χ1v) is 5.09. The molecule has 0 bridgehead atoms. The summed E-state index contributed by atoms with van der Waals surface area (Å²) in [4.78, 5) is 0. The standard InChI is InChI=1S/C8H6BrClN4/c9-8-11-12-13-14(8)5-6-3-1-2-4-7(6)10/h1-4H,5H2. The minimum absolute atomic E-state index is 0.563. The second-order valence-corrected chi connectivity index (χ2v) is 3.81. The van der Waals surface area contributed by atoms with E-state index in [1.165, 1.54) is 0 Å². The average molecular weight is 274 g/mol. The molecule has 2 aromatic rings. The van der Waals surface area contributed by atoms with E-state index in [0.717, 1.165) is 10.6 Å². The highest BCUT2D eigenvalue weighted by Gasteiger charge is 2.04. The van der Waals surface area contributed by atoms with Crippen molar-refractivity contribution in [3.63, 3.8) is 0 Å². The summed E-state index contributed by atoms with van der Waals surface area (Å²) in [5, 5.41) is 11.8. The van der Waals surface area contributed by atoms with Crippen molar-refractivity contribution in [3.8, 4) is 0 Å². The molecule has 0 saturated heterocycles. The van der Waals surface area contributed by atoms with Crippen molar-refractivity contribution in [2.45, 2.75) is 6.54 Å². The zero-order valence-corrected chi connectivity index (χ0v) is 9.40. The molecule has 0 aliphatic rings. The van der Waals surface area contributed by atoms with Crippen LogP contribution in [-0.4, -0.2) is 20.2 Å². The molecule has 1 aromatic carbocycles. The van der Waals surface area contributed by atoms with Crippen molar-refractivity contribution in [2.75, 3.05) is 0 Å². The Morgan fingerprint density at radius 3 is 2.79 bits per heavy atom. The summed E-state index contributed by atoms with van der Waals surface area (Å²) in [6.07, 6.45) is 0. The van der Waals surface area contributed by atoms with Crippen molar-refractivity contribution < 1.29 is 0 Å². The molecule has 0 aliphatic carbocycles. The fourth-order valence-electron chi connectivity index (χ4n) is 1.08. The molecule has 14 heavy (non-hydrogen) atoms. The summed E-state index contributed by atoms with van der Waals surface area (Å²) in [6, 6.07) is 7.60. The normalized spacial score (nSPS) is 10.4. The molecule has 72 valence electrons. The van der Waals surface area contributed by atoms with Crippen molar-refractivity contribution in [3.05, 3.63) is 39.6 Å². The fraction of sp³-hybridized carbons (Fsp3) is 0.125. The highest BCUT2D eigenvalue weighted by Crippen LogP contribution is 2.16. The monoisotopic (exact) mass is 272 g/mol. The number of hydrogen-bond acceptors (Lipinski definition) is 3. The van der Waals surface area contributed by atoms with Gasteiger partial charge in [-0.15, -0.1) is 5.10 Å². The van der Waals surface area contributed by atoms with Crippen molar-refractivity contribution in [1.29, 1.82) is 0 Å². The summed E-state index contributed by atoms with van der Waals surface area (Å²) in [7, 11) is 0. The van der Waals surface area contributed by atoms with E-state index in [2.05, 4.69) is 31.5 Å². The second kappa shape index (κ2) is 4.06. The molecule has 1 aromatic heterocycles. The van der Waals surface area contributed by atoms with Crippen LogP contribution in [0, 0.1) is 0 Å². The maximum absolute atomic E-state index is 6.00. The molecular formula is C8H6BrClN4. The number of benzene rings is 1. The van der Waals surface area contributed by atoms with Crippen LogP contribution in [0.4, 0.5) is 0 Å². The third-order valence-corrected chi connectivity index (χ3v) is 2.70. The second-order valence-electron chi connectivity index (χ2n) is 2.70. The van der Waals surface area contributed by atoms with E-state index < -0.39 is 0 Å². The van der Waals surface area contributed by atoms with E-state index in [1.807, 2.05) is 24.3 Å². The van der Waals surface area contributed by atoms with Crippen LogP contribution in [0.15, 0.2) is 29.0 Å². The largest absolute Gasteiger partial charge is 0.218 e. The van der Waals surface area contributed by atoms with Gasteiger partial charge in [0.05, 0.1) is 6.54 Å². The predicted molar refractivity (Wildman–Crippen MR) is 56.1 cm³/mol. The third-order valence-electron chi connectivity index (χ3n) is 1.77. The Bertz CT molecular complexity index is 442. The molecule has 0 fully saturated rings. The summed E-state index contributed by atoms with van der Waals surface area (Å²) in [5.74, 6) is 0. The molecule has 0 radical (unpaired) electrons. The van der Waals surface area contributed by atoms with E-state index in [9.17, 15) is 0 Å². The smallest absolute Gasteiger partial charge is 0.215 e. The molecule has 1 heterocycles. The van der Waals surface area contributed by atoms with E-state index >= 15 is 0 Å². The Morgan fingerprint density at radius 1 is 1.36 bits per heavy atom. The molecule has 0 spiro atoms. The van der Waals surface area contributed by atoms with Gasteiger partial charge in [-0.1, -0.05) is 29.8 Å². The molecule has 4 nitrogen and oxygen atoms in total. The molecule has 6 heteroatoms. The summed E-state index contributed by atoms with van der Waals surface area (Å²) >= 11 is 9.23. The maximum Gasteiger partial charge on any atom is 0.218 e. The van der Waals surface area contributed by atoms with Gasteiger partial charge in [-0.2, -0.15) is 0 Å². The lowest BCUT2D eigenvalue weighted by molar-refractivity contribution is 0.638. The zero-order chi connectivity index (χ0) is 9.97. The SMILES string of the molecule is Clc1ccccc1Cn1nnnc1Br. The molecule has 0 aliphatic heterocycles. The summed E-state index contributed by atoms with van der Waals surface area (Å²) in [5.41, 5.74) is 0.988. The first-order chi connectivity index (χ1) is 6.77. The molecular weight excluding hydrogens is 267 g/mol. The Labute approximate surface area is 94.0 Å². The molecule has 2 rings (SSSR count). The number of nitrogens with zero attached hydrogens (tertiary/aromatic N) is 4. The first kappa shape index (κ1) is 9.61. The van der Waals surface area contributed by atoms with Crippen molar-refractivity contribution >= 4 is 27.5 Å². The van der Waals surface area contributed by atoms with Crippen LogP contribution in [0.5, 0.6) is 0 Å². The van der Waals surface area contributed by atoms with Crippen LogP contribution >= 0.6 is 27.5 Å². The average Bonchev–Trinajstić information content (AvgIpc) is 2.56. The topological polar surface area (TPSA) is 43.6 Å². The van der Waals surface area contributed by atoms with Gasteiger partial charge in [-0.25, -0.2) is 4.68 Å². The lowest BCUT2D eigenvalue weighted by atomic mass is 10.2. The highest BCUT2D eigenvalue weighted by molar-refractivity contribution is 9.10. The predicted octanol–water partition coefficient (Wildman–Crippen LogP) is 2.14. The molecule has 0 unspecified atom stereocenters. The summed E-state index contributed by atoms with van der Waals surface area (Å²) in [6.45, 7) is 0.563. The van der Waals surface area contributed by atoms with Gasteiger partial charge in [0.15, 0.2) is 0 Å². The lowest BCUT2D eigenvalue weighted by Crippen LogP contribution is -2.02. The highest BCUT2D eigenvalue weighted by atomic mass is 79.9. The van der Waals surface area contributed by atoms with Gasteiger partial charge in [0.2, 0.25) is 4.73 Å². The van der Waals surface area contributed by atoms with Crippen molar-refractivity contribution in [2.24, 2.45) is 0 Å². The lowest BCUT2D eigenvalue weighted by Gasteiger charge is -2.02. The Kier molecular flexibility index (Phi) is 2.79. The van der Waals surface area contributed by atoms with E-state index in [0.29, 0.717) is 11.3 Å². The van der Waals surface area contributed by atoms with Crippen LogP contribution in [0.1, 0.15) is 5.56 Å². The van der Waals surface area contributed by atoms with Gasteiger partial charge < -0.3 is 0 Å². The van der Waals surface area contributed by atoms with Crippen LogP contribution < -0.4 is 0 Å². The van der Waals surface area contributed by atoms with E-state index in [1.54, 1.807) is 4.68 Å². The van der Waals surface area contributed by atoms with Gasteiger partial charge in [0, 0.05) is 5.02 Å². The first-order valence-electron chi connectivity index (χ1n) is 3.92. The van der Waals surface area contributed by atoms with Crippen LogP contribution in [0.2, 0.25) is 5.02 Å². The number of rotatable bonds is 2. The van der Waals surface area contributed by atoms with E-state index in [-0.39, 0.29) is 0 Å². The zero-order valence-electron chi connectivity index (χ0n) is 7.06. The van der Waals surface area contributed by atoms with Gasteiger partial charge in [0.25, 0.3) is 0 Å². The molecule has 0 saturated carbocycles. The third kappa shape index (κ3) is 1.93. The molecule has 0 N–H and O–H groups in total. The minimum Gasteiger partial charge on any atom is -0.215 e. The number of aromatic nitrogens is 4. The minimum atomic E-state index is 0.563.